The van der Waals surface area contributed by atoms with E-state index in [-0.39, 0.29) is 24.5 Å². The lowest BCUT2D eigenvalue weighted by atomic mass is 9.97. The molecule has 0 radical (unpaired) electrons. The zero-order valence-electron chi connectivity index (χ0n) is 16.0. The van der Waals surface area contributed by atoms with Crippen molar-refractivity contribution < 1.29 is 24.3 Å². The lowest BCUT2D eigenvalue weighted by Crippen LogP contribution is -2.42. The molecule has 7 nitrogen and oxygen atoms in total. The maximum atomic E-state index is 13.4. The summed E-state index contributed by atoms with van der Waals surface area (Å²) in [4.78, 5) is 27.0. The van der Waals surface area contributed by atoms with Crippen LogP contribution in [0.2, 0.25) is 0 Å². The zero-order valence-corrected chi connectivity index (χ0v) is 16.0. The molecule has 0 saturated carbocycles. The van der Waals surface area contributed by atoms with Crippen LogP contribution in [-0.2, 0) is 16.1 Å². The highest BCUT2D eigenvalue weighted by atomic mass is 16.5. The highest BCUT2D eigenvalue weighted by Gasteiger charge is 2.34. The van der Waals surface area contributed by atoms with E-state index in [1.54, 1.807) is 23.7 Å². The van der Waals surface area contributed by atoms with Gasteiger partial charge in [0.1, 0.15) is 12.4 Å². The Bertz CT molecular complexity index is 880. The monoisotopic (exact) mass is 396 g/mol. The minimum atomic E-state index is -0.604. The van der Waals surface area contributed by atoms with Gasteiger partial charge in [0.15, 0.2) is 0 Å². The summed E-state index contributed by atoms with van der Waals surface area (Å²) >= 11 is 0. The number of hydroxylamine groups is 1. The maximum absolute atomic E-state index is 13.4. The third kappa shape index (κ3) is 4.11. The zero-order chi connectivity index (χ0) is 20.2. The fraction of sp³-hybridized carbons (Fsp3) is 0.364. The number of ether oxygens (including phenoxy) is 2. The molecule has 1 fully saturated rings. The lowest BCUT2D eigenvalue weighted by Gasteiger charge is -2.34. The minimum absolute atomic E-state index is 0.0622. The van der Waals surface area contributed by atoms with E-state index in [2.05, 4.69) is 0 Å². The Morgan fingerprint density at radius 2 is 1.93 bits per heavy atom. The number of fused-ring (bicyclic) bond motifs is 1. The summed E-state index contributed by atoms with van der Waals surface area (Å²) < 4.78 is 11.6. The summed E-state index contributed by atoms with van der Waals surface area (Å²) in [7, 11) is 0. The van der Waals surface area contributed by atoms with E-state index in [4.69, 9.17) is 14.7 Å². The molecule has 0 aliphatic carbocycles. The number of amides is 2. The number of benzene rings is 2. The van der Waals surface area contributed by atoms with Gasteiger partial charge in [0.05, 0.1) is 25.1 Å². The van der Waals surface area contributed by atoms with Gasteiger partial charge in [-0.1, -0.05) is 36.4 Å². The van der Waals surface area contributed by atoms with Crippen LogP contribution in [0.25, 0.3) is 0 Å². The Labute approximate surface area is 169 Å². The topological polar surface area (TPSA) is 88.1 Å². The van der Waals surface area contributed by atoms with Crippen LogP contribution in [-0.4, -0.2) is 41.7 Å². The SMILES string of the molecule is O=C(NO)c1ccc2c(c1)OC[C@H](c1ccccc1)N(C(=O)[C@@H]1CCCOC1)C2. The first-order valence-corrected chi connectivity index (χ1v) is 9.80. The Morgan fingerprint density at radius 1 is 1.10 bits per heavy atom. The van der Waals surface area contributed by atoms with Gasteiger partial charge in [0, 0.05) is 17.7 Å². The molecule has 0 spiro atoms. The summed E-state index contributed by atoms with van der Waals surface area (Å²) in [6, 6.07) is 14.6. The molecule has 2 aliphatic rings. The van der Waals surface area contributed by atoms with Crippen molar-refractivity contribution in [3.05, 3.63) is 65.2 Å². The number of carbonyl (C=O) groups excluding carboxylic acids is 2. The number of hydrogen-bond donors (Lipinski definition) is 2. The first kappa shape index (κ1) is 19.4. The molecule has 2 amide bonds. The summed E-state index contributed by atoms with van der Waals surface area (Å²) in [5.41, 5.74) is 3.75. The average Bonchev–Trinajstić information content (AvgIpc) is 2.98. The van der Waals surface area contributed by atoms with Gasteiger partial charge in [0.25, 0.3) is 5.91 Å². The highest BCUT2D eigenvalue weighted by Crippen LogP contribution is 2.34. The van der Waals surface area contributed by atoms with Crippen LogP contribution in [0, 0.1) is 5.92 Å². The van der Waals surface area contributed by atoms with Gasteiger partial charge in [-0.2, -0.15) is 0 Å². The molecule has 29 heavy (non-hydrogen) atoms. The van der Waals surface area contributed by atoms with Gasteiger partial charge < -0.3 is 14.4 Å². The Balaban J connectivity index is 1.68. The largest absolute Gasteiger partial charge is 0.491 e. The van der Waals surface area contributed by atoms with Crippen molar-refractivity contribution in [2.75, 3.05) is 19.8 Å². The van der Waals surface area contributed by atoms with Crippen LogP contribution >= 0.6 is 0 Å². The van der Waals surface area contributed by atoms with E-state index in [1.165, 1.54) is 0 Å². The van der Waals surface area contributed by atoms with Crippen LogP contribution in [0.3, 0.4) is 0 Å². The predicted octanol–water partition coefficient (Wildman–Crippen LogP) is 2.69. The molecule has 152 valence electrons. The fourth-order valence-electron chi connectivity index (χ4n) is 3.93. The second-order valence-electron chi connectivity index (χ2n) is 7.38. The number of rotatable bonds is 3. The molecular formula is C22H24N2O5. The molecule has 1 saturated heterocycles. The standard InChI is InChI=1S/C22H24N2O5/c25-21(23-27)16-8-9-17-12-24(22(26)18-7-4-10-28-13-18)19(14-29-20(17)11-16)15-5-2-1-3-6-15/h1-3,5-6,8-9,11,18-19,27H,4,7,10,12-14H2,(H,23,25)/t18-,19-/m1/s1. The van der Waals surface area contributed by atoms with E-state index in [0.717, 1.165) is 24.0 Å². The van der Waals surface area contributed by atoms with Gasteiger partial charge >= 0.3 is 0 Å². The van der Waals surface area contributed by atoms with Crippen LogP contribution < -0.4 is 10.2 Å². The second kappa shape index (κ2) is 8.63. The molecule has 0 unspecified atom stereocenters. The summed E-state index contributed by atoms with van der Waals surface area (Å²) in [6.07, 6.45) is 1.70. The molecule has 2 aromatic carbocycles. The van der Waals surface area contributed by atoms with Gasteiger partial charge in [-0.05, 0) is 30.5 Å². The smallest absolute Gasteiger partial charge is 0.274 e. The van der Waals surface area contributed by atoms with Crippen LogP contribution in [0.4, 0.5) is 0 Å². The molecular weight excluding hydrogens is 372 g/mol. The Hall–Kier alpha value is -2.90. The van der Waals surface area contributed by atoms with Gasteiger partial charge in [-0.25, -0.2) is 5.48 Å². The summed E-state index contributed by atoms with van der Waals surface area (Å²) in [5, 5.41) is 8.89. The number of hydrogen-bond acceptors (Lipinski definition) is 5. The number of nitrogens with one attached hydrogen (secondary N) is 1. The Morgan fingerprint density at radius 3 is 2.66 bits per heavy atom. The van der Waals surface area contributed by atoms with Crippen LogP contribution in [0.1, 0.15) is 40.4 Å². The maximum Gasteiger partial charge on any atom is 0.274 e. The van der Waals surface area contributed by atoms with Crippen molar-refractivity contribution in [3.63, 3.8) is 0 Å². The highest BCUT2D eigenvalue weighted by molar-refractivity contribution is 5.93. The van der Waals surface area contributed by atoms with E-state index < -0.39 is 5.91 Å². The van der Waals surface area contributed by atoms with Gasteiger partial charge in [-0.15, -0.1) is 0 Å². The van der Waals surface area contributed by atoms with E-state index in [0.29, 0.717) is 31.1 Å². The molecule has 4 rings (SSSR count). The summed E-state index contributed by atoms with van der Waals surface area (Å²) in [6.45, 7) is 1.81. The first-order valence-electron chi connectivity index (χ1n) is 9.80. The Kier molecular flexibility index (Phi) is 5.78. The van der Waals surface area contributed by atoms with Crippen LogP contribution in [0.5, 0.6) is 5.75 Å². The van der Waals surface area contributed by atoms with Crippen molar-refractivity contribution >= 4 is 11.8 Å². The van der Waals surface area contributed by atoms with Crippen LogP contribution in [0.15, 0.2) is 48.5 Å². The van der Waals surface area contributed by atoms with Gasteiger partial charge in [-0.3, -0.25) is 14.8 Å². The molecule has 2 atom stereocenters. The summed E-state index contributed by atoms with van der Waals surface area (Å²) in [5.74, 6) is -0.155. The van der Waals surface area contributed by atoms with Gasteiger partial charge in [0.2, 0.25) is 5.91 Å². The first-order chi connectivity index (χ1) is 14.2. The van der Waals surface area contributed by atoms with E-state index in [9.17, 15) is 9.59 Å². The molecule has 2 N–H and O–H groups in total. The van der Waals surface area contributed by atoms with Crippen molar-refractivity contribution in [2.45, 2.75) is 25.4 Å². The van der Waals surface area contributed by atoms with Crippen molar-refractivity contribution in [1.29, 1.82) is 0 Å². The average molecular weight is 396 g/mol. The molecule has 0 bridgehead atoms. The molecule has 0 aromatic heterocycles. The quantitative estimate of drug-likeness (QED) is 0.615. The van der Waals surface area contributed by atoms with Crippen molar-refractivity contribution in [3.8, 4) is 5.75 Å². The predicted molar refractivity (Wildman–Crippen MR) is 104 cm³/mol. The van der Waals surface area contributed by atoms with Crippen molar-refractivity contribution in [2.24, 2.45) is 5.92 Å². The lowest BCUT2D eigenvalue weighted by molar-refractivity contribution is -0.143. The normalized spacial score (nSPS) is 21.5. The van der Waals surface area contributed by atoms with E-state index >= 15 is 0 Å². The third-order valence-corrected chi connectivity index (χ3v) is 5.52. The fourth-order valence-corrected chi connectivity index (χ4v) is 3.93. The third-order valence-electron chi connectivity index (χ3n) is 5.52. The number of nitrogens with zero attached hydrogens (tertiary/aromatic N) is 1. The number of carbonyl (C=O) groups is 2. The van der Waals surface area contributed by atoms with E-state index in [1.807, 2.05) is 35.2 Å². The minimum Gasteiger partial charge on any atom is -0.491 e. The second-order valence-corrected chi connectivity index (χ2v) is 7.38. The molecule has 7 heteroatoms. The van der Waals surface area contributed by atoms with Crippen molar-refractivity contribution in [1.82, 2.24) is 10.4 Å². The molecule has 2 heterocycles. The molecule has 2 aliphatic heterocycles. The molecule has 2 aromatic rings.